The standard InChI is InChI=1S/C56H98N5O16P/c1-3-5-7-9-11-13-15-17-19-21-23-25-27-29-55(69)74-44-48(77-56(70)30-28-26-24-22-20-18-16-14-12-10-8-6-4-2)45-76-78(71,72)75-38-33-57-51(62)46-73-50-32-31-47-39-60(42-53(65)66)36-34-59(41-52(63)64)35-37-61(43-54(67)68)40-49(50)58-47/h31-32,48H,3-30,33-46H2,1-2H3,(H,57,62)(H,63,64)(H,65,66)(H,67,68)(H,71,72)/t48-/m1/s1. The van der Waals surface area contributed by atoms with Gasteiger partial charge in [0.15, 0.2) is 12.7 Å². The van der Waals surface area contributed by atoms with Gasteiger partial charge in [0.05, 0.1) is 44.2 Å². The number of phosphoric acid groups is 1. The summed E-state index contributed by atoms with van der Waals surface area (Å²) in [5.74, 6) is -4.82. The van der Waals surface area contributed by atoms with Crippen molar-refractivity contribution in [2.45, 2.75) is 213 Å². The minimum absolute atomic E-state index is 0.0575. The van der Waals surface area contributed by atoms with Gasteiger partial charge in [-0.1, -0.05) is 168 Å². The highest BCUT2D eigenvalue weighted by atomic mass is 31.2. The number of esters is 2. The Kier molecular flexibility index (Phi) is 39.9. The third-order valence-corrected chi connectivity index (χ3v) is 14.4. The summed E-state index contributed by atoms with van der Waals surface area (Å²) in [6.07, 6.45) is 29.4. The van der Waals surface area contributed by atoms with Crippen LogP contribution in [0.15, 0.2) is 12.1 Å². The SMILES string of the molecule is CCCCCCCCCCCCCCCC(=O)OC[C@H](COP(=O)(O)OCCNC(=O)COc1ccc2nc1CN(CC(=O)O)CCN(CC(=O)O)CCN(CC(=O)O)C2)OC(=O)CCCCCCCCCCCCCCC. The number of nitrogens with one attached hydrogen (secondary N) is 1. The molecule has 0 aliphatic carbocycles. The van der Waals surface area contributed by atoms with Gasteiger partial charge in [0.2, 0.25) is 0 Å². The van der Waals surface area contributed by atoms with Crippen molar-refractivity contribution in [1.29, 1.82) is 0 Å². The highest BCUT2D eigenvalue weighted by molar-refractivity contribution is 7.47. The number of unbranched alkanes of at least 4 members (excludes halogenated alkanes) is 24. The number of carboxylic acid groups (broad SMARTS) is 3. The lowest BCUT2D eigenvalue weighted by Crippen LogP contribution is -2.44. The largest absolute Gasteiger partial charge is 0.482 e. The first-order valence-corrected chi connectivity index (χ1v) is 30.8. The first-order valence-electron chi connectivity index (χ1n) is 29.3. The van der Waals surface area contributed by atoms with Gasteiger partial charge < -0.3 is 39.7 Å². The van der Waals surface area contributed by atoms with Crippen LogP contribution in [0.3, 0.4) is 0 Å². The van der Waals surface area contributed by atoms with E-state index in [2.05, 4.69) is 24.1 Å². The zero-order chi connectivity index (χ0) is 57.1. The molecule has 1 unspecified atom stereocenters. The van der Waals surface area contributed by atoms with E-state index in [0.29, 0.717) is 18.5 Å². The van der Waals surface area contributed by atoms with Crippen molar-refractivity contribution < 1.29 is 76.8 Å². The molecule has 1 aromatic rings. The number of ether oxygens (including phenoxy) is 3. The van der Waals surface area contributed by atoms with Crippen LogP contribution in [0.1, 0.15) is 205 Å². The summed E-state index contributed by atoms with van der Waals surface area (Å²) in [6.45, 7) is 1.88. The molecule has 0 fully saturated rings. The molecule has 1 aromatic heterocycles. The zero-order valence-electron chi connectivity index (χ0n) is 47.4. The molecular formula is C56H98N5O16P. The molecule has 1 amide bonds. The maximum Gasteiger partial charge on any atom is 0.472 e. The van der Waals surface area contributed by atoms with Gasteiger partial charge in [-0.15, -0.1) is 0 Å². The number of pyridine rings is 1. The van der Waals surface area contributed by atoms with Crippen LogP contribution in [0.2, 0.25) is 0 Å². The lowest BCUT2D eigenvalue weighted by atomic mass is 10.0. The van der Waals surface area contributed by atoms with Crippen molar-refractivity contribution in [3.8, 4) is 5.75 Å². The lowest BCUT2D eigenvalue weighted by Gasteiger charge is -2.29. The van der Waals surface area contributed by atoms with E-state index in [1.165, 1.54) is 116 Å². The summed E-state index contributed by atoms with van der Waals surface area (Å²) in [4.78, 5) is 93.5. The summed E-state index contributed by atoms with van der Waals surface area (Å²) in [5, 5.41) is 31.2. The number of fused-ring (bicyclic) bond motifs is 2. The monoisotopic (exact) mass is 1130 g/mol. The van der Waals surface area contributed by atoms with Gasteiger partial charge in [-0.05, 0) is 25.0 Å². The number of carboxylic acids is 3. The predicted octanol–water partition coefficient (Wildman–Crippen LogP) is 9.30. The Hall–Kier alpha value is -4.24. The van der Waals surface area contributed by atoms with Gasteiger partial charge in [0, 0.05) is 58.7 Å². The highest BCUT2D eigenvalue weighted by Gasteiger charge is 2.27. The fourth-order valence-corrected chi connectivity index (χ4v) is 9.85. The Labute approximate surface area is 464 Å². The van der Waals surface area contributed by atoms with E-state index in [1.807, 2.05) is 0 Å². The molecule has 0 saturated heterocycles. The number of hydrogen-bond donors (Lipinski definition) is 5. The van der Waals surface area contributed by atoms with Crippen molar-refractivity contribution in [1.82, 2.24) is 25.0 Å². The first kappa shape index (κ1) is 69.9. The Morgan fingerprint density at radius 3 is 1.50 bits per heavy atom. The second kappa shape index (κ2) is 44.5. The summed E-state index contributed by atoms with van der Waals surface area (Å²) in [7, 11) is -4.76. The van der Waals surface area contributed by atoms with Crippen LogP contribution in [0.25, 0.3) is 0 Å². The van der Waals surface area contributed by atoms with Crippen LogP contribution in [0.5, 0.6) is 5.75 Å². The number of carbonyl (C=O) groups excluding carboxylic acids is 3. The Morgan fingerprint density at radius 1 is 0.577 bits per heavy atom. The summed E-state index contributed by atoms with van der Waals surface area (Å²) < 4.78 is 40.0. The van der Waals surface area contributed by atoms with Gasteiger partial charge in [0.25, 0.3) is 5.91 Å². The van der Waals surface area contributed by atoms with Crippen LogP contribution in [-0.2, 0) is 64.9 Å². The Bertz CT molecular complexity index is 1880. The van der Waals surface area contributed by atoms with E-state index < -0.39 is 76.0 Å². The molecule has 448 valence electrons. The molecule has 2 atom stereocenters. The second-order valence-corrected chi connectivity index (χ2v) is 22.1. The maximum absolute atomic E-state index is 12.9. The fourth-order valence-electron chi connectivity index (χ4n) is 9.10. The van der Waals surface area contributed by atoms with E-state index in [0.717, 1.165) is 38.5 Å². The molecule has 78 heavy (non-hydrogen) atoms. The van der Waals surface area contributed by atoms with Crippen molar-refractivity contribution in [3.05, 3.63) is 23.5 Å². The topological polar surface area (TPSA) is 281 Å². The van der Waals surface area contributed by atoms with Gasteiger partial charge in [-0.25, -0.2) is 4.57 Å². The predicted molar refractivity (Wildman–Crippen MR) is 296 cm³/mol. The average Bonchev–Trinajstić information content (AvgIpc) is 3.40. The number of hydrogen-bond acceptors (Lipinski definition) is 16. The molecule has 1 aliphatic rings. The zero-order valence-corrected chi connectivity index (χ0v) is 48.2. The van der Waals surface area contributed by atoms with E-state index in [1.54, 1.807) is 26.8 Å². The summed E-state index contributed by atoms with van der Waals surface area (Å²) >= 11 is 0. The molecule has 5 N–H and O–H groups in total. The van der Waals surface area contributed by atoms with Gasteiger partial charge in [0.1, 0.15) is 12.4 Å². The molecular weight excluding hydrogens is 1030 g/mol. The minimum atomic E-state index is -4.76. The summed E-state index contributed by atoms with van der Waals surface area (Å²) in [6, 6.07) is 3.12. The van der Waals surface area contributed by atoms with E-state index in [-0.39, 0.29) is 89.8 Å². The Morgan fingerprint density at radius 2 is 1.01 bits per heavy atom. The fraction of sp³-hybridized carbons (Fsp3) is 0.804. The molecule has 1 aliphatic heterocycles. The molecule has 2 bridgehead atoms. The maximum atomic E-state index is 12.9. The number of phosphoric ester groups is 1. The van der Waals surface area contributed by atoms with Crippen LogP contribution >= 0.6 is 7.82 Å². The van der Waals surface area contributed by atoms with E-state index >= 15 is 0 Å². The van der Waals surface area contributed by atoms with E-state index in [9.17, 15) is 53.5 Å². The smallest absolute Gasteiger partial charge is 0.472 e. The highest BCUT2D eigenvalue weighted by Crippen LogP contribution is 2.43. The molecule has 0 radical (unpaired) electrons. The van der Waals surface area contributed by atoms with Crippen molar-refractivity contribution >= 4 is 43.6 Å². The van der Waals surface area contributed by atoms with Crippen LogP contribution in [-0.4, -0.2) is 161 Å². The van der Waals surface area contributed by atoms with Gasteiger partial charge in [-0.3, -0.25) is 57.5 Å². The number of carbonyl (C=O) groups is 6. The van der Waals surface area contributed by atoms with Crippen molar-refractivity contribution in [2.24, 2.45) is 0 Å². The normalized spacial score (nSPS) is 14.9. The van der Waals surface area contributed by atoms with Crippen molar-refractivity contribution in [3.63, 3.8) is 0 Å². The van der Waals surface area contributed by atoms with Crippen LogP contribution in [0, 0.1) is 0 Å². The molecule has 0 saturated carbocycles. The Balaban J connectivity index is 1.90. The number of nitrogens with zero attached hydrogens (tertiary/aromatic N) is 4. The number of aromatic nitrogens is 1. The molecule has 21 nitrogen and oxygen atoms in total. The minimum Gasteiger partial charge on any atom is -0.482 e. The third-order valence-electron chi connectivity index (χ3n) is 13.4. The molecule has 22 heteroatoms. The quantitative estimate of drug-likeness (QED) is 0.0231. The molecule has 2 heterocycles. The lowest BCUT2D eigenvalue weighted by molar-refractivity contribution is -0.161. The number of rotatable bonds is 47. The van der Waals surface area contributed by atoms with Gasteiger partial charge >= 0.3 is 37.7 Å². The first-order chi connectivity index (χ1) is 37.6. The second-order valence-electron chi connectivity index (χ2n) is 20.6. The van der Waals surface area contributed by atoms with Crippen LogP contribution in [0.4, 0.5) is 0 Å². The number of amides is 1. The number of aliphatic carboxylic acids is 3. The summed E-state index contributed by atoms with van der Waals surface area (Å²) in [5.41, 5.74) is 0.698. The van der Waals surface area contributed by atoms with Crippen LogP contribution < -0.4 is 10.1 Å². The molecule has 0 spiro atoms. The van der Waals surface area contributed by atoms with Gasteiger partial charge in [-0.2, -0.15) is 0 Å². The molecule has 0 aromatic carbocycles. The third kappa shape index (κ3) is 38.4. The molecule has 2 rings (SSSR count). The van der Waals surface area contributed by atoms with Crippen molar-refractivity contribution in [2.75, 3.05) is 78.8 Å². The average molecular weight is 1130 g/mol. The van der Waals surface area contributed by atoms with E-state index in [4.69, 9.17) is 23.3 Å².